The van der Waals surface area contributed by atoms with Crippen LogP contribution < -0.4 is 4.72 Å². The fraction of sp³-hybridized carbons (Fsp3) is 0.0800. The van der Waals surface area contributed by atoms with Crippen molar-refractivity contribution in [3.63, 3.8) is 0 Å². The fourth-order valence-electron chi connectivity index (χ4n) is 3.30. The van der Waals surface area contributed by atoms with E-state index in [0.29, 0.717) is 17.9 Å². The predicted molar refractivity (Wildman–Crippen MR) is 122 cm³/mol. The van der Waals surface area contributed by atoms with E-state index in [-0.39, 0.29) is 23.0 Å². The van der Waals surface area contributed by atoms with Gasteiger partial charge in [-0.25, -0.2) is 12.8 Å². The Morgan fingerprint density at radius 1 is 0.848 bits per heavy atom. The highest BCUT2D eigenvalue weighted by Crippen LogP contribution is 2.20. The molecule has 4 aromatic rings. The zero-order valence-electron chi connectivity index (χ0n) is 17.5. The number of benzene rings is 3. The second kappa shape index (κ2) is 9.70. The molecule has 0 aliphatic carbocycles. The van der Waals surface area contributed by atoms with E-state index >= 15 is 0 Å². The topological polar surface area (TPSA) is 79.6 Å². The first-order chi connectivity index (χ1) is 15.9. The molecule has 0 atom stereocenters. The van der Waals surface area contributed by atoms with Gasteiger partial charge < -0.3 is 9.32 Å². The van der Waals surface area contributed by atoms with Crippen LogP contribution in [0.5, 0.6) is 0 Å². The van der Waals surface area contributed by atoms with E-state index in [1.54, 1.807) is 23.3 Å². The van der Waals surface area contributed by atoms with Gasteiger partial charge in [0.15, 0.2) is 0 Å². The zero-order chi connectivity index (χ0) is 23.3. The van der Waals surface area contributed by atoms with E-state index in [9.17, 15) is 17.6 Å². The Morgan fingerprint density at radius 3 is 2.21 bits per heavy atom. The van der Waals surface area contributed by atoms with E-state index in [1.807, 2.05) is 30.3 Å². The standard InChI is InChI=1S/C25H21FN2O4S/c26-23-10-4-5-11-24(23)27-33(30,31)22-14-12-20(13-15-22)25(29)28(18-21-9-6-16-32-21)17-19-7-2-1-3-8-19/h1-16,27H,17-18H2. The van der Waals surface area contributed by atoms with E-state index in [1.165, 1.54) is 48.5 Å². The van der Waals surface area contributed by atoms with Crippen LogP contribution in [0.2, 0.25) is 0 Å². The van der Waals surface area contributed by atoms with Crippen LogP contribution in [0.3, 0.4) is 0 Å². The highest BCUT2D eigenvalue weighted by molar-refractivity contribution is 7.92. The number of carbonyl (C=O) groups is 1. The summed E-state index contributed by atoms with van der Waals surface area (Å²) in [7, 11) is -4.02. The molecule has 0 spiro atoms. The maximum absolute atomic E-state index is 13.8. The number of furan rings is 1. The Bertz CT molecular complexity index is 1320. The first-order valence-corrected chi connectivity index (χ1v) is 11.6. The summed E-state index contributed by atoms with van der Waals surface area (Å²) >= 11 is 0. The summed E-state index contributed by atoms with van der Waals surface area (Å²) in [4.78, 5) is 14.8. The average Bonchev–Trinajstić information content (AvgIpc) is 3.34. The number of amides is 1. The van der Waals surface area contributed by atoms with Gasteiger partial charge >= 0.3 is 0 Å². The monoisotopic (exact) mass is 464 g/mol. The van der Waals surface area contributed by atoms with Gasteiger partial charge in [0.2, 0.25) is 0 Å². The lowest BCUT2D eigenvalue weighted by Crippen LogP contribution is -2.30. The molecule has 1 heterocycles. The first-order valence-electron chi connectivity index (χ1n) is 10.2. The average molecular weight is 465 g/mol. The summed E-state index contributed by atoms with van der Waals surface area (Å²) in [6, 6.07) is 24.1. The van der Waals surface area contributed by atoms with Crippen LogP contribution in [-0.4, -0.2) is 19.2 Å². The van der Waals surface area contributed by atoms with E-state index in [2.05, 4.69) is 4.72 Å². The SMILES string of the molecule is O=C(c1ccc(S(=O)(=O)Nc2ccccc2F)cc1)N(Cc1ccccc1)Cc1ccco1. The predicted octanol–water partition coefficient (Wildman–Crippen LogP) is 5.06. The fourth-order valence-corrected chi connectivity index (χ4v) is 4.37. The van der Waals surface area contributed by atoms with E-state index < -0.39 is 15.8 Å². The number of hydrogen-bond acceptors (Lipinski definition) is 4. The van der Waals surface area contributed by atoms with Crippen LogP contribution >= 0.6 is 0 Å². The molecule has 1 aromatic heterocycles. The van der Waals surface area contributed by atoms with Crippen molar-refractivity contribution in [2.24, 2.45) is 0 Å². The minimum Gasteiger partial charge on any atom is -0.467 e. The molecule has 33 heavy (non-hydrogen) atoms. The van der Waals surface area contributed by atoms with Gasteiger partial charge in [-0.2, -0.15) is 0 Å². The van der Waals surface area contributed by atoms with Gasteiger partial charge in [0.25, 0.3) is 15.9 Å². The molecule has 6 nitrogen and oxygen atoms in total. The Morgan fingerprint density at radius 2 is 1.55 bits per heavy atom. The molecule has 3 aromatic carbocycles. The van der Waals surface area contributed by atoms with Crippen molar-refractivity contribution in [3.8, 4) is 0 Å². The van der Waals surface area contributed by atoms with Crippen molar-refractivity contribution in [3.05, 3.63) is 120 Å². The van der Waals surface area contributed by atoms with Gasteiger partial charge in [-0.3, -0.25) is 9.52 Å². The Labute approximate surface area is 191 Å². The number of para-hydroxylation sites is 1. The summed E-state index contributed by atoms with van der Waals surface area (Å²) in [5.41, 5.74) is 1.12. The maximum atomic E-state index is 13.8. The highest BCUT2D eigenvalue weighted by atomic mass is 32.2. The Balaban J connectivity index is 1.55. The number of nitrogens with one attached hydrogen (secondary N) is 1. The van der Waals surface area contributed by atoms with Gasteiger partial charge in [-0.15, -0.1) is 0 Å². The lowest BCUT2D eigenvalue weighted by atomic mass is 10.1. The summed E-state index contributed by atoms with van der Waals surface area (Å²) in [5.74, 6) is -0.323. The molecule has 0 fully saturated rings. The second-order valence-electron chi connectivity index (χ2n) is 7.34. The molecule has 0 saturated carbocycles. The molecule has 1 N–H and O–H groups in total. The molecule has 0 aliphatic rings. The number of halogens is 1. The second-order valence-corrected chi connectivity index (χ2v) is 9.02. The summed E-state index contributed by atoms with van der Waals surface area (Å²) < 4.78 is 46.7. The zero-order valence-corrected chi connectivity index (χ0v) is 18.3. The summed E-state index contributed by atoms with van der Waals surface area (Å²) in [6.07, 6.45) is 1.54. The van der Waals surface area contributed by atoms with Crippen molar-refractivity contribution < 1.29 is 22.0 Å². The highest BCUT2D eigenvalue weighted by Gasteiger charge is 2.20. The molecule has 168 valence electrons. The molecule has 0 bridgehead atoms. The van der Waals surface area contributed by atoms with Crippen LogP contribution in [0.15, 0.2) is 107 Å². The van der Waals surface area contributed by atoms with Gasteiger partial charge in [-0.1, -0.05) is 42.5 Å². The largest absolute Gasteiger partial charge is 0.467 e. The number of anilines is 1. The molecule has 0 aliphatic heterocycles. The van der Waals surface area contributed by atoms with Crippen molar-refractivity contribution in [1.29, 1.82) is 0 Å². The molecule has 0 saturated heterocycles. The molecule has 0 unspecified atom stereocenters. The lowest BCUT2D eigenvalue weighted by Gasteiger charge is -2.22. The maximum Gasteiger partial charge on any atom is 0.261 e. The van der Waals surface area contributed by atoms with Crippen LogP contribution in [0.4, 0.5) is 10.1 Å². The Hall–Kier alpha value is -3.91. The van der Waals surface area contributed by atoms with Crippen molar-refractivity contribution in [1.82, 2.24) is 4.90 Å². The van der Waals surface area contributed by atoms with Crippen LogP contribution in [0, 0.1) is 5.82 Å². The third kappa shape index (κ3) is 5.48. The van der Waals surface area contributed by atoms with Crippen molar-refractivity contribution in [2.45, 2.75) is 18.0 Å². The molecule has 1 amide bonds. The quantitative estimate of drug-likeness (QED) is 0.395. The van der Waals surface area contributed by atoms with Gasteiger partial charge in [0.05, 0.1) is 23.4 Å². The number of sulfonamides is 1. The number of hydrogen-bond donors (Lipinski definition) is 1. The number of nitrogens with zero attached hydrogens (tertiary/aromatic N) is 1. The van der Waals surface area contributed by atoms with Gasteiger partial charge in [0.1, 0.15) is 11.6 Å². The van der Waals surface area contributed by atoms with Crippen molar-refractivity contribution in [2.75, 3.05) is 4.72 Å². The minimum atomic E-state index is -4.02. The first kappa shape index (κ1) is 22.3. The molecule has 0 radical (unpaired) electrons. The molecule has 4 rings (SSSR count). The lowest BCUT2D eigenvalue weighted by molar-refractivity contribution is 0.0717. The van der Waals surface area contributed by atoms with Crippen LogP contribution in [0.25, 0.3) is 0 Å². The third-order valence-electron chi connectivity index (χ3n) is 4.96. The smallest absolute Gasteiger partial charge is 0.261 e. The van der Waals surface area contributed by atoms with E-state index in [4.69, 9.17) is 4.42 Å². The number of rotatable bonds is 8. The van der Waals surface area contributed by atoms with Crippen LogP contribution in [0.1, 0.15) is 21.7 Å². The van der Waals surface area contributed by atoms with Gasteiger partial charge in [0, 0.05) is 12.1 Å². The van der Waals surface area contributed by atoms with Crippen molar-refractivity contribution >= 4 is 21.6 Å². The normalized spacial score (nSPS) is 11.2. The molecular weight excluding hydrogens is 443 g/mol. The molecular formula is C25H21FN2O4S. The summed E-state index contributed by atoms with van der Waals surface area (Å²) in [6.45, 7) is 0.616. The summed E-state index contributed by atoms with van der Waals surface area (Å²) in [5, 5.41) is 0. The van der Waals surface area contributed by atoms with Crippen LogP contribution in [-0.2, 0) is 23.1 Å². The number of carbonyl (C=O) groups excluding carboxylic acids is 1. The Kier molecular flexibility index (Phi) is 6.55. The minimum absolute atomic E-state index is 0.0806. The third-order valence-corrected chi connectivity index (χ3v) is 6.34. The van der Waals surface area contributed by atoms with E-state index in [0.717, 1.165) is 5.56 Å². The van der Waals surface area contributed by atoms with Gasteiger partial charge in [-0.05, 0) is 54.1 Å². The molecule has 8 heteroatoms.